The predicted octanol–water partition coefficient (Wildman–Crippen LogP) is 2.38. The molecule has 1 aromatic rings. The van der Waals surface area contributed by atoms with Crippen molar-refractivity contribution in [2.45, 2.75) is 38.8 Å². The van der Waals surface area contributed by atoms with Crippen molar-refractivity contribution in [3.63, 3.8) is 0 Å². The van der Waals surface area contributed by atoms with Crippen LogP contribution in [-0.4, -0.2) is 50.6 Å². The van der Waals surface area contributed by atoms with Crippen LogP contribution >= 0.6 is 0 Å². The summed E-state index contributed by atoms with van der Waals surface area (Å²) >= 11 is 0. The van der Waals surface area contributed by atoms with Gasteiger partial charge in [-0.05, 0) is 38.5 Å². The van der Waals surface area contributed by atoms with Gasteiger partial charge < -0.3 is 19.5 Å². The zero-order valence-corrected chi connectivity index (χ0v) is 16.9. The second-order valence-electron chi connectivity index (χ2n) is 6.87. The number of amides is 1. The maximum atomic E-state index is 12.4. The van der Waals surface area contributed by atoms with E-state index in [1.54, 1.807) is 46.0 Å². The van der Waals surface area contributed by atoms with E-state index in [1.165, 1.54) is 0 Å². The number of ether oxygens (including phenoxy) is 3. The molecular weight excluding hydrogens is 364 g/mol. The van der Waals surface area contributed by atoms with E-state index in [0.717, 1.165) is 5.56 Å². The van der Waals surface area contributed by atoms with Gasteiger partial charge in [0.05, 0.1) is 0 Å². The molecule has 0 bridgehead atoms. The molecule has 1 aromatic carbocycles. The topological polar surface area (TPSA) is 95.1 Å². The molecule has 0 aliphatic rings. The fraction of sp³-hybridized carbons (Fsp3) is 0.500. The van der Waals surface area contributed by atoms with Crippen molar-refractivity contribution in [3.8, 4) is 5.75 Å². The lowest BCUT2D eigenvalue weighted by Crippen LogP contribution is -2.45. The Hall–Kier alpha value is -2.58. The Morgan fingerprint density at radius 2 is 1.86 bits per heavy atom. The van der Waals surface area contributed by atoms with Gasteiger partial charge in [0.15, 0.2) is 0 Å². The van der Waals surface area contributed by atoms with Crippen LogP contribution in [0.4, 0.5) is 4.79 Å². The molecule has 1 unspecified atom stereocenters. The average Bonchev–Trinajstić information content (AvgIpc) is 2.62. The molecule has 0 spiro atoms. The number of carbonyl (C=O) groups is 2. The van der Waals surface area contributed by atoms with Gasteiger partial charge in [-0.2, -0.15) is 0 Å². The molecule has 1 atom stereocenters. The highest BCUT2D eigenvalue weighted by Crippen LogP contribution is 2.14. The van der Waals surface area contributed by atoms with Crippen molar-refractivity contribution in [3.05, 3.63) is 42.5 Å². The molecular formula is C20H30N2O6. The van der Waals surface area contributed by atoms with Crippen molar-refractivity contribution >= 4 is 12.1 Å². The van der Waals surface area contributed by atoms with E-state index >= 15 is 0 Å². The molecule has 0 saturated carbocycles. The summed E-state index contributed by atoms with van der Waals surface area (Å²) in [6.07, 6.45) is 1.21. The largest absolute Gasteiger partial charge is 0.490 e. The average molecular weight is 394 g/mol. The zero-order chi connectivity index (χ0) is 21.0. The quantitative estimate of drug-likeness (QED) is 0.257. The Labute approximate surface area is 166 Å². The minimum absolute atomic E-state index is 0.0561. The normalized spacial score (nSPS) is 12.0. The molecule has 156 valence electrons. The third-order valence-electron chi connectivity index (χ3n) is 3.28. The Morgan fingerprint density at radius 1 is 1.18 bits per heavy atom. The molecule has 0 radical (unpaired) electrons. The van der Waals surface area contributed by atoms with Crippen molar-refractivity contribution in [2.75, 3.05) is 26.9 Å². The number of hydrogen-bond donors (Lipinski definition) is 2. The fourth-order valence-corrected chi connectivity index (χ4v) is 2.14. The van der Waals surface area contributed by atoms with Crippen LogP contribution < -0.4 is 15.5 Å². The maximum Gasteiger partial charge on any atom is 0.408 e. The molecule has 0 aliphatic heterocycles. The van der Waals surface area contributed by atoms with Gasteiger partial charge in [0.25, 0.3) is 0 Å². The zero-order valence-electron chi connectivity index (χ0n) is 16.9. The maximum absolute atomic E-state index is 12.4. The standard InChI is InChI=1S/C20H30N2O6/c1-6-11-25-16-9-7-15(8-10-16)14-17(18(23)26-12-13-27-21-5)22-19(24)28-20(2,3)4/h6-10,17,21H,1,11-14H2,2-5H3,(H,22,24). The van der Waals surface area contributed by atoms with Gasteiger partial charge >= 0.3 is 12.1 Å². The van der Waals surface area contributed by atoms with Crippen LogP contribution in [0, 0.1) is 0 Å². The molecule has 2 N–H and O–H groups in total. The first-order valence-electron chi connectivity index (χ1n) is 9.02. The summed E-state index contributed by atoms with van der Waals surface area (Å²) in [6.45, 7) is 9.49. The molecule has 0 fully saturated rings. The number of carbonyl (C=O) groups excluding carboxylic acids is 2. The summed E-state index contributed by atoms with van der Waals surface area (Å²) < 4.78 is 15.9. The summed E-state index contributed by atoms with van der Waals surface area (Å²) in [7, 11) is 1.61. The highest BCUT2D eigenvalue weighted by atomic mass is 16.7. The van der Waals surface area contributed by atoms with Gasteiger partial charge in [-0.15, -0.1) is 0 Å². The lowest BCUT2D eigenvalue weighted by molar-refractivity contribution is -0.148. The van der Waals surface area contributed by atoms with Crippen LogP contribution in [0.15, 0.2) is 36.9 Å². The van der Waals surface area contributed by atoms with Crippen LogP contribution in [0.3, 0.4) is 0 Å². The Bertz CT molecular complexity index is 625. The van der Waals surface area contributed by atoms with Crippen LogP contribution in [0.5, 0.6) is 5.75 Å². The van der Waals surface area contributed by atoms with E-state index in [-0.39, 0.29) is 19.6 Å². The van der Waals surface area contributed by atoms with Gasteiger partial charge in [0.1, 0.15) is 37.2 Å². The minimum Gasteiger partial charge on any atom is -0.490 e. The first kappa shape index (κ1) is 23.5. The van der Waals surface area contributed by atoms with Crippen LogP contribution in [-0.2, 0) is 25.5 Å². The molecule has 0 saturated heterocycles. The van der Waals surface area contributed by atoms with Crippen LogP contribution in [0.25, 0.3) is 0 Å². The van der Waals surface area contributed by atoms with Crippen molar-refractivity contribution in [2.24, 2.45) is 0 Å². The molecule has 28 heavy (non-hydrogen) atoms. The Morgan fingerprint density at radius 3 is 2.43 bits per heavy atom. The summed E-state index contributed by atoms with van der Waals surface area (Å²) in [5, 5.41) is 2.57. The highest BCUT2D eigenvalue weighted by Gasteiger charge is 2.26. The summed E-state index contributed by atoms with van der Waals surface area (Å²) in [5.41, 5.74) is 2.64. The second-order valence-corrected chi connectivity index (χ2v) is 6.87. The SMILES string of the molecule is C=CCOc1ccc(CC(NC(=O)OC(C)(C)C)C(=O)OCCONC)cc1. The monoisotopic (exact) mass is 394 g/mol. The molecule has 0 heterocycles. The van der Waals surface area contributed by atoms with Gasteiger partial charge in [0, 0.05) is 13.5 Å². The first-order valence-corrected chi connectivity index (χ1v) is 9.02. The summed E-state index contributed by atoms with van der Waals surface area (Å²) in [4.78, 5) is 29.4. The lowest BCUT2D eigenvalue weighted by atomic mass is 10.1. The van der Waals surface area contributed by atoms with Crippen molar-refractivity contribution < 1.29 is 28.6 Å². The van der Waals surface area contributed by atoms with Gasteiger partial charge in [-0.25, -0.2) is 15.1 Å². The third-order valence-corrected chi connectivity index (χ3v) is 3.28. The fourth-order valence-electron chi connectivity index (χ4n) is 2.14. The molecule has 8 nitrogen and oxygen atoms in total. The van der Waals surface area contributed by atoms with Crippen molar-refractivity contribution in [1.29, 1.82) is 0 Å². The summed E-state index contributed by atoms with van der Waals surface area (Å²) in [6, 6.07) is 6.31. The number of benzene rings is 1. The number of hydroxylamine groups is 1. The smallest absolute Gasteiger partial charge is 0.408 e. The van der Waals surface area contributed by atoms with Gasteiger partial charge in [0.2, 0.25) is 0 Å². The number of rotatable bonds is 11. The van der Waals surface area contributed by atoms with E-state index in [9.17, 15) is 9.59 Å². The minimum atomic E-state index is -0.899. The van der Waals surface area contributed by atoms with E-state index in [0.29, 0.717) is 12.4 Å². The van der Waals surface area contributed by atoms with E-state index in [4.69, 9.17) is 19.0 Å². The second kappa shape index (κ2) is 12.0. The Balaban J connectivity index is 2.76. The first-order chi connectivity index (χ1) is 13.2. The molecule has 1 rings (SSSR count). The molecule has 1 amide bonds. The lowest BCUT2D eigenvalue weighted by Gasteiger charge is -2.23. The highest BCUT2D eigenvalue weighted by molar-refractivity contribution is 5.81. The third kappa shape index (κ3) is 9.94. The predicted molar refractivity (Wildman–Crippen MR) is 105 cm³/mol. The summed E-state index contributed by atoms with van der Waals surface area (Å²) in [5.74, 6) is 0.115. The van der Waals surface area contributed by atoms with Crippen molar-refractivity contribution in [1.82, 2.24) is 10.8 Å². The Kier molecular flexibility index (Phi) is 10.0. The van der Waals surface area contributed by atoms with Crippen LogP contribution in [0.1, 0.15) is 26.3 Å². The van der Waals surface area contributed by atoms with Gasteiger partial charge in [-0.1, -0.05) is 24.8 Å². The number of hydrogen-bond acceptors (Lipinski definition) is 7. The number of esters is 1. The molecule has 0 aliphatic carbocycles. The van der Waals surface area contributed by atoms with E-state index in [1.807, 2.05) is 12.1 Å². The number of alkyl carbamates (subject to hydrolysis) is 1. The van der Waals surface area contributed by atoms with Crippen LogP contribution in [0.2, 0.25) is 0 Å². The van der Waals surface area contributed by atoms with E-state index in [2.05, 4.69) is 17.4 Å². The molecule has 0 aromatic heterocycles. The van der Waals surface area contributed by atoms with E-state index < -0.39 is 23.7 Å². The molecule has 8 heteroatoms. The number of nitrogens with one attached hydrogen (secondary N) is 2. The van der Waals surface area contributed by atoms with Gasteiger partial charge in [-0.3, -0.25) is 4.84 Å².